The van der Waals surface area contributed by atoms with Crippen LogP contribution in [-0.2, 0) is 4.79 Å². The van der Waals surface area contributed by atoms with Crippen LogP contribution >= 0.6 is 0 Å². The Hall–Kier alpha value is -1.94. The lowest BCUT2D eigenvalue weighted by atomic mass is 9.69. The van der Waals surface area contributed by atoms with Crippen molar-refractivity contribution < 1.29 is 18.8 Å². The van der Waals surface area contributed by atoms with Gasteiger partial charge in [-0.05, 0) is 80.2 Å². The normalized spacial score (nSPS) is 16.3. The molecule has 2 atom stereocenters. The van der Waals surface area contributed by atoms with Gasteiger partial charge in [0.1, 0.15) is 18.9 Å². The van der Waals surface area contributed by atoms with Crippen LogP contribution in [0.3, 0.4) is 0 Å². The van der Waals surface area contributed by atoms with E-state index in [9.17, 15) is 9.59 Å². The number of ether oxygens (including phenoxy) is 1. The highest BCUT2D eigenvalue weighted by Crippen LogP contribution is 2.41. The number of carbonyl (C=O) groups is 2. The number of allylic oxidation sites excluding steroid dienone is 2. The molecule has 1 aromatic rings. The lowest BCUT2D eigenvalue weighted by Crippen LogP contribution is -2.43. The summed E-state index contributed by atoms with van der Waals surface area (Å²) in [5, 5.41) is 0. The van der Waals surface area contributed by atoms with Crippen molar-refractivity contribution in [1.29, 1.82) is 0 Å². The van der Waals surface area contributed by atoms with Gasteiger partial charge in [-0.25, -0.2) is 0 Å². The number of likely N-dealkylation sites (N-methyl/N-ethyl adjacent to an activating group) is 1. The zero-order chi connectivity index (χ0) is 34.0. The van der Waals surface area contributed by atoms with Gasteiger partial charge in [-0.15, -0.1) is 0 Å². The molecule has 4 heteroatoms. The first kappa shape index (κ1) is 40.2. The quantitative estimate of drug-likeness (QED) is 0.0608. The number of carbonyl (C=O) groups excluding carboxylic acids is 2. The van der Waals surface area contributed by atoms with Gasteiger partial charge in [0.05, 0.1) is 20.6 Å². The van der Waals surface area contributed by atoms with Crippen LogP contribution in [0.2, 0.25) is 0 Å². The van der Waals surface area contributed by atoms with E-state index in [0.29, 0.717) is 18.6 Å². The standard InChI is InChI=1S/C42H72NO3/c1-9-10-11-12-13-14-15-16-17-18-19-20-21-22-30-43(7,8)31-32-46-38-27-25-37(26-28-38)41(45)36(4)35(3)33-39(44)40-34(2)24-23-29-42(40,5)6/h25-28,35-36H,9-24,29-33H2,1-8H3/q+1. The molecule has 46 heavy (non-hydrogen) atoms. The van der Waals surface area contributed by atoms with E-state index in [2.05, 4.69) is 41.8 Å². The van der Waals surface area contributed by atoms with Crippen molar-refractivity contribution >= 4 is 11.6 Å². The Labute approximate surface area is 284 Å². The number of benzene rings is 1. The number of ketones is 2. The highest BCUT2D eigenvalue weighted by atomic mass is 16.5. The monoisotopic (exact) mass is 639 g/mol. The third-order valence-corrected chi connectivity index (χ3v) is 10.7. The minimum atomic E-state index is -0.212. The van der Waals surface area contributed by atoms with E-state index >= 15 is 0 Å². The topological polar surface area (TPSA) is 43.4 Å². The fourth-order valence-corrected chi connectivity index (χ4v) is 7.30. The van der Waals surface area contributed by atoms with Crippen molar-refractivity contribution in [2.45, 2.75) is 157 Å². The number of quaternary nitrogens is 1. The molecule has 1 aromatic carbocycles. The first-order valence-electron chi connectivity index (χ1n) is 19.2. The van der Waals surface area contributed by atoms with Crippen molar-refractivity contribution in [2.24, 2.45) is 17.3 Å². The average molecular weight is 639 g/mol. The molecule has 0 fully saturated rings. The Kier molecular flexibility index (Phi) is 18.5. The summed E-state index contributed by atoms with van der Waals surface area (Å²) in [5.41, 5.74) is 2.87. The smallest absolute Gasteiger partial charge is 0.165 e. The maximum atomic E-state index is 13.3. The Morgan fingerprint density at radius 2 is 1.33 bits per heavy atom. The van der Waals surface area contributed by atoms with E-state index in [1.165, 1.54) is 102 Å². The van der Waals surface area contributed by atoms with Gasteiger partial charge in [0.2, 0.25) is 0 Å². The predicted molar refractivity (Wildman–Crippen MR) is 197 cm³/mol. The summed E-state index contributed by atoms with van der Waals surface area (Å²) < 4.78 is 7.05. The maximum Gasteiger partial charge on any atom is 0.165 e. The van der Waals surface area contributed by atoms with Gasteiger partial charge in [-0.3, -0.25) is 9.59 Å². The summed E-state index contributed by atoms with van der Waals surface area (Å²) in [6, 6.07) is 7.60. The van der Waals surface area contributed by atoms with E-state index in [1.807, 2.05) is 38.1 Å². The molecule has 0 radical (unpaired) electrons. The molecule has 0 aromatic heterocycles. The Morgan fingerprint density at radius 1 is 0.804 bits per heavy atom. The van der Waals surface area contributed by atoms with Crippen LogP contribution < -0.4 is 4.74 Å². The van der Waals surface area contributed by atoms with Crippen LogP contribution in [-0.4, -0.2) is 49.8 Å². The Morgan fingerprint density at radius 3 is 1.85 bits per heavy atom. The minimum absolute atomic E-state index is 0.00586. The molecule has 0 aliphatic heterocycles. The van der Waals surface area contributed by atoms with E-state index in [1.54, 1.807) is 0 Å². The van der Waals surface area contributed by atoms with Gasteiger partial charge in [0.25, 0.3) is 0 Å². The molecule has 0 amide bonds. The molecule has 0 heterocycles. The molecule has 1 aliphatic carbocycles. The molecular formula is C42H72NO3+. The number of rotatable bonds is 25. The summed E-state index contributed by atoms with van der Waals surface area (Å²) in [7, 11) is 4.60. The SMILES string of the molecule is CCCCCCCCCCCCCCCC[N+](C)(C)CCOc1ccc(C(=O)C(C)C(C)CC(=O)C2=C(C)CCCC2(C)C)cc1. The molecular weight excluding hydrogens is 566 g/mol. The number of hydrogen-bond acceptors (Lipinski definition) is 3. The fourth-order valence-electron chi connectivity index (χ4n) is 7.30. The third-order valence-electron chi connectivity index (χ3n) is 10.7. The van der Waals surface area contributed by atoms with Gasteiger partial charge in [-0.1, -0.05) is 117 Å². The largest absolute Gasteiger partial charge is 0.488 e. The van der Waals surface area contributed by atoms with Crippen LogP contribution in [0.15, 0.2) is 35.4 Å². The van der Waals surface area contributed by atoms with Crippen LogP contribution in [0.5, 0.6) is 5.75 Å². The van der Waals surface area contributed by atoms with Gasteiger partial charge in [-0.2, -0.15) is 0 Å². The van der Waals surface area contributed by atoms with E-state index < -0.39 is 0 Å². The third kappa shape index (κ3) is 14.9. The lowest BCUT2D eigenvalue weighted by Gasteiger charge is -2.34. The first-order chi connectivity index (χ1) is 21.9. The van der Waals surface area contributed by atoms with Crippen molar-refractivity contribution in [1.82, 2.24) is 0 Å². The zero-order valence-corrected chi connectivity index (χ0v) is 31.5. The second-order valence-electron chi connectivity index (χ2n) is 16.0. The fraction of sp³-hybridized carbons (Fsp3) is 0.762. The van der Waals surface area contributed by atoms with Gasteiger partial charge in [0.15, 0.2) is 11.6 Å². The predicted octanol–water partition coefficient (Wildman–Crippen LogP) is 11.6. The van der Waals surface area contributed by atoms with E-state index in [4.69, 9.17) is 4.74 Å². The summed E-state index contributed by atoms with van der Waals surface area (Å²) in [6.45, 7) is 15.6. The van der Waals surface area contributed by atoms with Crippen molar-refractivity contribution in [3.63, 3.8) is 0 Å². The van der Waals surface area contributed by atoms with Crippen LogP contribution in [0.1, 0.15) is 167 Å². The van der Waals surface area contributed by atoms with Gasteiger partial charge >= 0.3 is 0 Å². The average Bonchev–Trinajstić information content (AvgIpc) is 3.00. The van der Waals surface area contributed by atoms with Gasteiger partial charge in [0, 0.05) is 17.9 Å². The summed E-state index contributed by atoms with van der Waals surface area (Å²) in [4.78, 5) is 26.6. The molecule has 0 saturated heterocycles. The first-order valence-corrected chi connectivity index (χ1v) is 19.2. The highest BCUT2D eigenvalue weighted by molar-refractivity contribution is 6.00. The molecule has 0 saturated carbocycles. The van der Waals surface area contributed by atoms with Crippen molar-refractivity contribution in [3.8, 4) is 5.75 Å². The summed E-state index contributed by atoms with van der Waals surface area (Å²) >= 11 is 0. The molecule has 0 spiro atoms. The number of hydrogen-bond donors (Lipinski definition) is 0. The molecule has 262 valence electrons. The molecule has 4 nitrogen and oxygen atoms in total. The molecule has 1 aliphatic rings. The van der Waals surface area contributed by atoms with Crippen LogP contribution in [0.4, 0.5) is 0 Å². The number of Topliss-reactive ketones (excluding diaryl/α,β-unsaturated/α-hetero) is 2. The second-order valence-corrected chi connectivity index (χ2v) is 16.0. The zero-order valence-electron chi connectivity index (χ0n) is 31.5. The maximum absolute atomic E-state index is 13.3. The molecule has 2 unspecified atom stereocenters. The highest BCUT2D eigenvalue weighted by Gasteiger charge is 2.34. The number of unbranched alkanes of at least 4 members (excludes halogenated alkanes) is 13. The van der Waals surface area contributed by atoms with E-state index in [-0.39, 0.29) is 28.8 Å². The molecule has 0 bridgehead atoms. The van der Waals surface area contributed by atoms with Gasteiger partial charge < -0.3 is 9.22 Å². The van der Waals surface area contributed by atoms with Crippen LogP contribution in [0, 0.1) is 17.3 Å². The van der Waals surface area contributed by atoms with Crippen LogP contribution in [0.25, 0.3) is 0 Å². The summed E-state index contributed by atoms with van der Waals surface area (Å²) in [6.07, 6.45) is 23.2. The Balaban J connectivity index is 1.62. The van der Waals surface area contributed by atoms with Crippen molar-refractivity contribution in [3.05, 3.63) is 41.0 Å². The lowest BCUT2D eigenvalue weighted by molar-refractivity contribution is -0.890. The number of nitrogens with zero attached hydrogens (tertiary/aromatic N) is 1. The summed E-state index contributed by atoms with van der Waals surface area (Å²) in [5.74, 6) is 0.922. The second kappa shape index (κ2) is 21.1. The molecule has 0 N–H and O–H groups in total. The molecule has 2 rings (SSSR count). The van der Waals surface area contributed by atoms with Crippen molar-refractivity contribution in [2.75, 3.05) is 33.8 Å². The minimum Gasteiger partial charge on any atom is -0.488 e. The Bertz CT molecular complexity index is 1050. The van der Waals surface area contributed by atoms with E-state index in [0.717, 1.165) is 41.6 Å².